The van der Waals surface area contributed by atoms with Gasteiger partial charge in [0.05, 0.1) is 5.69 Å². The van der Waals surface area contributed by atoms with E-state index in [0.29, 0.717) is 0 Å². The third-order valence-electron chi connectivity index (χ3n) is 4.69. The van der Waals surface area contributed by atoms with E-state index in [0.717, 1.165) is 43.0 Å². The van der Waals surface area contributed by atoms with Gasteiger partial charge in [-0.15, -0.1) is 0 Å². The Kier molecular flexibility index (Phi) is 7.01. The summed E-state index contributed by atoms with van der Waals surface area (Å²) in [4.78, 5) is 19.0. The van der Waals surface area contributed by atoms with E-state index in [9.17, 15) is 4.79 Å². The number of hydrogen-bond donors (Lipinski definition) is 1. The Morgan fingerprint density at radius 1 is 1.33 bits per heavy atom. The van der Waals surface area contributed by atoms with Crippen LogP contribution in [0, 0.1) is 12.8 Å². The molecule has 1 aliphatic carbocycles. The summed E-state index contributed by atoms with van der Waals surface area (Å²) >= 11 is 0. The number of H-pyrrole nitrogens is 1. The third-order valence-corrected chi connectivity index (χ3v) is 4.69. The molecule has 2 rings (SSSR count). The van der Waals surface area contributed by atoms with Crippen molar-refractivity contribution >= 4 is 5.57 Å². The van der Waals surface area contributed by atoms with Crippen molar-refractivity contribution in [3.63, 3.8) is 0 Å². The highest BCUT2D eigenvalue weighted by Crippen LogP contribution is 2.36. The molecular weight excluding hydrogens is 296 g/mol. The molecule has 0 radical (unpaired) electrons. The topological polar surface area (TPSA) is 45.8 Å². The SMILES string of the molecule is CC/C=C(C)/C=C(/CCCC1CC1)c1c(CCC)nc(=O)[nH]c1C. The highest BCUT2D eigenvalue weighted by molar-refractivity contribution is 5.71. The van der Waals surface area contributed by atoms with Crippen molar-refractivity contribution in [2.24, 2.45) is 5.92 Å². The van der Waals surface area contributed by atoms with Gasteiger partial charge in [-0.05, 0) is 51.0 Å². The fourth-order valence-corrected chi connectivity index (χ4v) is 3.40. The number of rotatable bonds is 9. The summed E-state index contributed by atoms with van der Waals surface area (Å²) in [6.07, 6.45) is 13.9. The Hall–Kier alpha value is -1.64. The van der Waals surface area contributed by atoms with Gasteiger partial charge in [0.15, 0.2) is 0 Å². The van der Waals surface area contributed by atoms with Crippen LogP contribution >= 0.6 is 0 Å². The van der Waals surface area contributed by atoms with Gasteiger partial charge in [0, 0.05) is 11.3 Å². The lowest BCUT2D eigenvalue weighted by atomic mass is 9.93. The van der Waals surface area contributed by atoms with Crippen molar-refractivity contribution < 1.29 is 0 Å². The quantitative estimate of drug-likeness (QED) is 0.621. The number of aromatic nitrogens is 2. The molecule has 0 atom stereocenters. The number of aromatic amines is 1. The first kappa shape index (κ1) is 18.7. The predicted octanol–water partition coefficient (Wildman–Crippen LogP) is 5.35. The monoisotopic (exact) mass is 328 g/mol. The largest absolute Gasteiger partial charge is 0.345 e. The van der Waals surface area contributed by atoms with Crippen LogP contribution in [-0.2, 0) is 6.42 Å². The number of hydrogen-bond acceptors (Lipinski definition) is 2. The summed E-state index contributed by atoms with van der Waals surface area (Å²) < 4.78 is 0. The van der Waals surface area contributed by atoms with Crippen LogP contribution in [-0.4, -0.2) is 9.97 Å². The molecule has 0 amide bonds. The van der Waals surface area contributed by atoms with E-state index in [1.807, 2.05) is 6.92 Å². The zero-order chi connectivity index (χ0) is 17.5. The maximum absolute atomic E-state index is 11.8. The highest BCUT2D eigenvalue weighted by atomic mass is 16.1. The summed E-state index contributed by atoms with van der Waals surface area (Å²) in [6.45, 7) is 8.48. The third kappa shape index (κ3) is 5.47. The zero-order valence-corrected chi connectivity index (χ0v) is 15.7. The van der Waals surface area contributed by atoms with Crippen LogP contribution in [0.1, 0.15) is 82.7 Å². The van der Waals surface area contributed by atoms with Crippen molar-refractivity contribution in [1.29, 1.82) is 0 Å². The van der Waals surface area contributed by atoms with Crippen LogP contribution in [0.5, 0.6) is 0 Å². The van der Waals surface area contributed by atoms with Crippen molar-refractivity contribution in [3.8, 4) is 0 Å². The molecule has 0 bridgehead atoms. The van der Waals surface area contributed by atoms with Gasteiger partial charge in [0.1, 0.15) is 0 Å². The number of nitrogens with zero attached hydrogens (tertiary/aromatic N) is 1. The van der Waals surface area contributed by atoms with Crippen molar-refractivity contribution in [3.05, 3.63) is 45.2 Å². The Morgan fingerprint density at radius 2 is 2.08 bits per heavy atom. The Labute approximate surface area is 146 Å². The maximum atomic E-state index is 11.8. The van der Waals surface area contributed by atoms with Crippen molar-refractivity contribution in [2.45, 2.75) is 79.1 Å². The standard InChI is InChI=1S/C21H32N2O/c1-5-8-15(3)14-18(11-7-10-17-12-13-17)20-16(4)22-21(24)23-19(20)9-6-2/h8,14,17H,5-7,9-13H2,1-4H3,(H,22,23,24)/b15-8+,18-14-. The molecule has 0 aromatic carbocycles. The lowest BCUT2D eigenvalue weighted by Crippen LogP contribution is -2.17. The second kappa shape index (κ2) is 9.00. The van der Waals surface area contributed by atoms with Crippen LogP contribution in [0.15, 0.2) is 22.5 Å². The molecule has 1 aromatic heterocycles. The molecule has 132 valence electrons. The maximum Gasteiger partial charge on any atom is 0.345 e. The van der Waals surface area contributed by atoms with E-state index in [1.165, 1.54) is 42.4 Å². The van der Waals surface area contributed by atoms with E-state index in [4.69, 9.17) is 0 Å². The molecule has 1 aromatic rings. The summed E-state index contributed by atoms with van der Waals surface area (Å²) in [6, 6.07) is 0. The van der Waals surface area contributed by atoms with E-state index in [2.05, 4.69) is 42.9 Å². The van der Waals surface area contributed by atoms with Crippen LogP contribution in [0.25, 0.3) is 5.57 Å². The Bertz CT molecular complexity index is 663. The van der Waals surface area contributed by atoms with Gasteiger partial charge in [0.2, 0.25) is 0 Å². The molecule has 1 N–H and O–H groups in total. The van der Waals surface area contributed by atoms with Crippen LogP contribution in [0.3, 0.4) is 0 Å². The van der Waals surface area contributed by atoms with Gasteiger partial charge < -0.3 is 4.98 Å². The molecule has 0 spiro atoms. The van der Waals surface area contributed by atoms with Gasteiger partial charge >= 0.3 is 5.69 Å². The molecule has 1 saturated carbocycles. The molecule has 1 fully saturated rings. The van der Waals surface area contributed by atoms with Gasteiger partial charge in [-0.1, -0.05) is 57.3 Å². The summed E-state index contributed by atoms with van der Waals surface area (Å²) in [5.41, 5.74) is 5.50. The smallest absolute Gasteiger partial charge is 0.309 e. The molecule has 0 unspecified atom stereocenters. The molecule has 0 aliphatic heterocycles. The minimum Gasteiger partial charge on any atom is -0.309 e. The Balaban J connectivity index is 2.36. The van der Waals surface area contributed by atoms with E-state index in [1.54, 1.807) is 0 Å². The Morgan fingerprint density at radius 3 is 2.71 bits per heavy atom. The average molecular weight is 328 g/mol. The lowest BCUT2D eigenvalue weighted by Gasteiger charge is -2.15. The summed E-state index contributed by atoms with van der Waals surface area (Å²) in [7, 11) is 0. The van der Waals surface area contributed by atoms with Crippen LogP contribution in [0.2, 0.25) is 0 Å². The number of nitrogens with one attached hydrogen (secondary N) is 1. The molecule has 1 aliphatic rings. The van der Waals surface area contributed by atoms with Gasteiger partial charge in [0.25, 0.3) is 0 Å². The predicted molar refractivity (Wildman–Crippen MR) is 102 cm³/mol. The van der Waals surface area contributed by atoms with E-state index < -0.39 is 0 Å². The highest BCUT2D eigenvalue weighted by Gasteiger charge is 2.21. The zero-order valence-electron chi connectivity index (χ0n) is 15.7. The van der Waals surface area contributed by atoms with Gasteiger partial charge in [-0.2, -0.15) is 4.98 Å². The summed E-state index contributed by atoms with van der Waals surface area (Å²) in [5, 5.41) is 0. The first-order chi connectivity index (χ1) is 11.5. The first-order valence-corrected chi connectivity index (χ1v) is 9.52. The number of aryl methyl sites for hydroxylation is 2. The molecular formula is C21H32N2O. The minimum absolute atomic E-state index is 0.224. The molecule has 1 heterocycles. The molecule has 3 heteroatoms. The van der Waals surface area contributed by atoms with E-state index >= 15 is 0 Å². The van der Waals surface area contributed by atoms with E-state index in [-0.39, 0.29) is 5.69 Å². The van der Waals surface area contributed by atoms with Crippen molar-refractivity contribution in [1.82, 2.24) is 9.97 Å². The van der Waals surface area contributed by atoms with Gasteiger partial charge in [-0.25, -0.2) is 4.79 Å². The first-order valence-electron chi connectivity index (χ1n) is 9.52. The summed E-state index contributed by atoms with van der Waals surface area (Å²) in [5.74, 6) is 0.962. The second-order valence-corrected chi connectivity index (χ2v) is 7.10. The van der Waals surface area contributed by atoms with Crippen LogP contribution < -0.4 is 5.69 Å². The second-order valence-electron chi connectivity index (χ2n) is 7.10. The van der Waals surface area contributed by atoms with Crippen LogP contribution in [0.4, 0.5) is 0 Å². The average Bonchev–Trinajstić information content (AvgIpc) is 3.31. The molecule has 3 nitrogen and oxygen atoms in total. The fourth-order valence-electron chi connectivity index (χ4n) is 3.40. The lowest BCUT2D eigenvalue weighted by molar-refractivity contribution is 0.678. The normalized spacial score (nSPS) is 15.8. The molecule has 24 heavy (non-hydrogen) atoms. The van der Waals surface area contributed by atoms with Crippen molar-refractivity contribution in [2.75, 3.05) is 0 Å². The fraction of sp³-hybridized carbons (Fsp3) is 0.619. The number of allylic oxidation sites excluding steroid dienone is 4. The minimum atomic E-state index is -0.224. The molecule has 0 saturated heterocycles. The van der Waals surface area contributed by atoms with Gasteiger partial charge in [-0.3, -0.25) is 0 Å².